The summed E-state index contributed by atoms with van der Waals surface area (Å²) in [5.74, 6) is 2.99. The van der Waals surface area contributed by atoms with Crippen LogP contribution in [0.4, 0.5) is 0 Å². The minimum atomic E-state index is 0.735. The molecule has 0 fully saturated rings. The van der Waals surface area contributed by atoms with Gasteiger partial charge in [-0.2, -0.15) is 11.8 Å². The number of nitrogens with two attached hydrogens (primary N) is 1. The second kappa shape index (κ2) is 6.15. The molecule has 0 aliphatic heterocycles. The van der Waals surface area contributed by atoms with E-state index in [-0.39, 0.29) is 0 Å². The van der Waals surface area contributed by atoms with Crippen molar-refractivity contribution in [1.82, 2.24) is 14.9 Å². The summed E-state index contributed by atoms with van der Waals surface area (Å²) in [6.45, 7) is 3.67. The number of thioether (sulfide) groups is 1. The van der Waals surface area contributed by atoms with Gasteiger partial charge in [-0.3, -0.25) is 0 Å². The summed E-state index contributed by atoms with van der Waals surface area (Å²) >= 11 is 1.83. The Labute approximate surface area is 95.6 Å². The third kappa shape index (κ3) is 4.24. The molecule has 0 aliphatic carbocycles. The van der Waals surface area contributed by atoms with Gasteiger partial charge in [-0.1, -0.05) is 0 Å². The van der Waals surface area contributed by atoms with E-state index in [0.717, 1.165) is 36.1 Å². The van der Waals surface area contributed by atoms with Gasteiger partial charge in [0.05, 0.1) is 12.2 Å². The smallest absolute Gasteiger partial charge is 0.120 e. The Hall–Kier alpha value is -0.520. The van der Waals surface area contributed by atoms with Crippen molar-refractivity contribution in [2.75, 3.05) is 26.4 Å². The Morgan fingerprint density at radius 3 is 2.80 bits per heavy atom. The van der Waals surface area contributed by atoms with E-state index >= 15 is 0 Å². The van der Waals surface area contributed by atoms with E-state index in [1.54, 1.807) is 0 Å². The summed E-state index contributed by atoms with van der Waals surface area (Å²) in [5.41, 5.74) is 7.78. The van der Waals surface area contributed by atoms with Gasteiger partial charge in [0.25, 0.3) is 0 Å². The second-order valence-corrected chi connectivity index (χ2v) is 4.94. The van der Waals surface area contributed by atoms with Crippen molar-refractivity contribution in [2.45, 2.75) is 19.2 Å². The number of aromatic amines is 1. The number of nitrogens with zero attached hydrogens (tertiary/aromatic N) is 2. The van der Waals surface area contributed by atoms with Crippen molar-refractivity contribution < 1.29 is 0 Å². The fraction of sp³-hybridized carbons (Fsp3) is 0.700. The molecule has 15 heavy (non-hydrogen) atoms. The molecular weight excluding hydrogens is 208 g/mol. The third-order valence-corrected chi connectivity index (χ3v) is 3.00. The van der Waals surface area contributed by atoms with Gasteiger partial charge in [0.15, 0.2) is 0 Å². The summed E-state index contributed by atoms with van der Waals surface area (Å²) in [5, 5.41) is 0. The molecule has 1 heterocycles. The van der Waals surface area contributed by atoms with Gasteiger partial charge < -0.3 is 15.6 Å². The Bertz CT molecular complexity index is 296. The van der Waals surface area contributed by atoms with Crippen LogP contribution in [0, 0.1) is 6.92 Å². The Balaban J connectivity index is 2.53. The molecule has 0 saturated heterocycles. The van der Waals surface area contributed by atoms with E-state index in [1.807, 2.05) is 25.9 Å². The molecule has 4 nitrogen and oxygen atoms in total. The highest BCUT2D eigenvalue weighted by Gasteiger charge is 2.06. The average molecular weight is 228 g/mol. The molecule has 1 aromatic rings. The van der Waals surface area contributed by atoms with Crippen molar-refractivity contribution in [3.05, 3.63) is 17.2 Å². The first kappa shape index (κ1) is 12.5. The molecular formula is C10H20N4S. The molecule has 0 aromatic carbocycles. The van der Waals surface area contributed by atoms with E-state index in [2.05, 4.69) is 21.8 Å². The molecule has 5 heteroatoms. The molecule has 3 N–H and O–H groups in total. The lowest BCUT2D eigenvalue weighted by atomic mass is 10.4. The van der Waals surface area contributed by atoms with Crippen LogP contribution in [0.2, 0.25) is 0 Å². The van der Waals surface area contributed by atoms with E-state index in [9.17, 15) is 0 Å². The largest absolute Gasteiger partial charge is 0.345 e. The van der Waals surface area contributed by atoms with Gasteiger partial charge >= 0.3 is 0 Å². The first-order valence-electron chi connectivity index (χ1n) is 5.10. The molecule has 0 spiro atoms. The third-order valence-electron chi connectivity index (χ3n) is 2.00. The van der Waals surface area contributed by atoms with Crippen molar-refractivity contribution in [2.24, 2.45) is 5.73 Å². The fourth-order valence-corrected chi connectivity index (χ4v) is 2.12. The lowest BCUT2D eigenvalue weighted by Gasteiger charge is -2.05. The zero-order chi connectivity index (χ0) is 11.3. The van der Waals surface area contributed by atoms with Crippen LogP contribution in [0.25, 0.3) is 0 Å². The lowest BCUT2D eigenvalue weighted by Crippen LogP contribution is -2.11. The summed E-state index contributed by atoms with van der Waals surface area (Å²) < 4.78 is 0. The normalized spacial score (nSPS) is 11.3. The topological polar surface area (TPSA) is 57.9 Å². The van der Waals surface area contributed by atoms with Gasteiger partial charge in [-0.25, -0.2) is 4.98 Å². The van der Waals surface area contributed by atoms with E-state index in [4.69, 9.17) is 5.73 Å². The van der Waals surface area contributed by atoms with Crippen LogP contribution in [-0.4, -0.2) is 41.3 Å². The van der Waals surface area contributed by atoms with Gasteiger partial charge in [0.1, 0.15) is 5.82 Å². The standard InChI is InChI=1S/C10H20N4S/c1-8-9(7-15-5-4-11)13-10(12-8)6-14(2)3/h4-7,11H2,1-3H3,(H,12,13). The number of imidazole rings is 1. The van der Waals surface area contributed by atoms with E-state index in [0.29, 0.717) is 0 Å². The maximum atomic E-state index is 5.45. The molecule has 0 radical (unpaired) electrons. The number of hydrogen-bond acceptors (Lipinski definition) is 4. The number of rotatable bonds is 6. The SMILES string of the molecule is Cc1[nH]c(CN(C)C)nc1CSCCN. The van der Waals surface area contributed by atoms with Gasteiger partial charge in [-0.15, -0.1) is 0 Å². The van der Waals surface area contributed by atoms with Crippen LogP contribution in [0.3, 0.4) is 0 Å². The molecule has 0 atom stereocenters. The zero-order valence-corrected chi connectivity index (χ0v) is 10.5. The predicted molar refractivity (Wildman–Crippen MR) is 65.9 cm³/mol. The molecule has 86 valence electrons. The molecule has 0 saturated carbocycles. The van der Waals surface area contributed by atoms with E-state index in [1.165, 1.54) is 5.69 Å². The van der Waals surface area contributed by atoms with Crippen LogP contribution < -0.4 is 5.73 Å². The Morgan fingerprint density at radius 2 is 2.20 bits per heavy atom. The zero-order valence-electron chi connectivity index (χ0n) is 9.71. The van der Waals surface area contributed by atoms with Gasteiger partial charge in [-0.05, 0) is 21.0 Å². The maximum absolute atomic E-state index is 5.45. The molecule has 1 rings (SSSR count). The van der Waals surface area contributed by atoms with Crippen LogP contribution in [0.5, 0.6) is 0 Å². The Kier molecular flexibility index (Phi) is 5.14. The van der Waals surface area contributed by atoms with Crippen molar-refractivity contribution >= 4 is 11.8 Å². The lowest BCUT2D eigenvalue weighted by molar-refractivity contribution is 0.392. The first-order chi connectivity index (χ1) is 7.13. The first-order valence-corrected chi connectivity index (χ1v) is 6.26. The van der Waals surface area contributed by atoms with Crippen LogP contribution in [-0.2, 0) is 12.3 Å². The summed E-state index contributed by atoms with van der Waals surface area (Å²) in [6, 6.07) is 0. The average Bonchev–Trinajstić information content (AvgIpc) is 2.46. The molecule has 0 unspecified atom stereocenters. The minimum absolute atomic E-state index is 0.735. The highest BCUT2D eigenvalue weighted by atomic mass is 32.2. The number of aromatic nitrogens is 2. The monoisotopic (exact) mass is 228 g/mol. The Morgan fingerprint density at radius 1 is 1.47 bits per heavy atom. The molecule has 1 aromatic heterocycles. The highest BCUT2D eigenvalue weighted by Crippen LogP contribution is 2.14. The fourth-order valence-electron chi connectivity index (χ4n) is 1.33. The number of nitrogens with one attached hydrogen (secondary N) is 1. The van der Waals surface area contributed by atoms with Gasteiger partial charge in [0, 0.05) is 23.7 Å². The summed E-state index contributed by atoms with van der Waals surface area (Å²) in [6.07, 6.45) is 0. The minimum Gasteiger partial charge on any atom is -0.345 e. The van der Waals surface area contributed by atoms with Crippen LogP contribution >= 0.6 is 11.8 Å². The van der Waals surface area contributed by atoms with Crippen molar-refractivity contribution in [3.8, 4) is 0 Å². The molecule has 0 amide bonds. The van der Waals surface area contributed by atoms with Crippen molar-refractivity contribution in [1.29, 1.82) is 0 Å². The quantitative estimate of drug-likeness (QED) is 0.712. The highest BCUT2D eigenvalue weighted by molar-refractivity contribution is 7.98. The molecule has 0 bridgehead atoms. The second-order valence-electron chi connectivity index (χ2n) is 3.83. The summed E-state index contributed by atoms with van der Waals surface area (Å²) in [7, 11) is 4.08. The van der Waals surface area contributed by atoms with Crippen LogP contribution in [0.15, 0.2) is 0 Å². The number of aryl methyl sites for hydroxylation is 1. The van der Waals surface area contributed by atoms with Crippen molar-refractivity contribution in [3.63, 3.8) is 0 Å². The number of H-pyrrole nitrogens is 1. The summed E-state index contributed by atoms with van der Waals surface area (Å²) in [4.78, 5) is 9.97. The van der Waals surface area contributed by atoms with Crippen LogP contribution in [0.1, 0.15) is 17.2 Å². The number of hydrogen-bond donors (Lipinski definition) is 2. The van der Waals surface area contributed by atoms with Gasteiger partial charge in [0.2, 0.25) is 0 Å². The maximum Gasteiger partial charge on any atom is 0.120 e. The van der Waals surface area contributed by atoms with E-state index < -0.39 is 0 Å². The molecule has 0 aliphatic rings. The predicted octanol–water partition coefficient (Wildman–Crippen LogP) is 0.972.